The Morgan fingerprint density at radius 1 is 0.567 bits per heavy atom. The minimum Gasteiger partial charge on any atom is -0.504 e. The highest BCUT2D eigenvalue weighted by Crippen LogP contribution is 2.36. The molecule has 1 aliphatic rings. The minimum atomic E-state index is -1.68. The van der Waals surface area contributed by atoms with E-state index in [4.69, 9.17) is 37.6 Å². The molecule has 5 aromatic carbocycles. The van der Waals surface area contributed by atoms with Gasteiger partial charge in [-0.05, 0) is 67.1 Å². The number of carbonyl (C=O) groups excluding carboxylic acids is 4. The van der Waals surface area contributed by atoms with Gasteiger partial charge in [0.2, 0.25) is 18.1 Å². The molecule has 2 heterocycles. The first kappa shape index (κ1) is 47.5. The maximum Gasteiger partial charge on any atom is 0.383 e. The van der Waals surface area contributed by atoms with Gasteiger partial charge in [0, 0.05) is 6.07 Å². The van der Waals surface area contributed by atoms with E-state index < -0.39 is 72.6 Å². The fourth-order valence-corrected chi connectivity index (χ4v) is 7.52. The molecule has 0 aliphatic carbocycles. The van der Waals surface area contributed by atoms with Crippen molar-refractivity contribution in [2.75, 3.05) is 13.2 Å². The summed E-state index contributed by atoms with van der Waals surface area (Å²) in [5.41, 5.74) is -0.410. The van der Waals surface area contributed by atoms with E-state index in [1.165, 1.54) is 80.3 Å². The van der Waals surface area contributed by atoms with Gasteiger partial charge >= 0.3 is 29.5 Å². The molecule has 67 heavy (non-hydrogen) atoms. The van der Waals surface area contributed by atoms with E-state index in [0.717, 1.165) is 19.3 Å². The molecule has 7 rings (SSSR count). The van der Waals surface area contributed by atoms with Crippen LogP contribution in [0.15, 0.2) is 149 Å². The molecule has 0 unspecified atom stereocenters. The lowest BCUT2D eigenvalue weighted by atomic mass is 9.97. The summed E-state index contributed by atoms with van der Waals surface area (Å²) in [7, 11) is 0. The van der Waals surface area contributed by atoms with Crippen molar-refractivity contribution in [2.45, 2.75) is 89.0 Å². The highest BCUT2D eigenvalue weighted by molar-refractivity contribution is 5.92. The third kappa shape index (κ3) is 12.7. The van der Waals surface area contributed by atoms with E-state index in [1.807, 2.05) is 0 Å². The molecule has 14 nitrogen and oxygen atoms in total. The van der Waals surface area contributed by atoms with E-state index in [1.54, 1.807) is 84.9 Å². The summed E-state index contributed by atoms with van der Waals surface area (Å²) in [5, 5.41) is 11.3. The molecule has 1 aromatic heterocycles. The van der Waals surface area contributed by atoms with Gasteiger partial charge in [-0.15, -0.1) is 0 Å². The molecule has 14 heteroatoms. The van der Waals surface area contributed by atoms with Crippen LogP contribution in [0.4, 0.5) is 0 Å². The number of rotatable bonds is 21. The number of benzene rings is 5. The fraction of sp³-hybridized carbons (Fsp3) is 0.302. The zero-order valence-corrected chi connectivity index (χ0v) is 37.0. The van der Waals surface area contributed by atoms with Gasteiger partial charge < -0.3 is 42.7 Å². The van der Waals surface area contributed by atoms with Crippen molar-refractivity contribution >= 4 is 34.8 Å². The number of aromatic hydroxyl groups is 1. The Labute approximate surface area is 387 Å². The van der Waals surface area contributed by atoms with Crippen LogP contribution >= 0.6 is 0 Å². The Bertz CT molecular complexity index is 2620. The van der Waals surface area contributed by atoms with Crippen LogP contribution in [0.3, 0.4) is 0 Å². The number of unbranched alkanes of at least 4 members (excludes halogenated alkanes) is 7. The van der Waals surface area contributed by atoms with Crippen LogP contribution in [0.1, 0.15) is 99.7 Å². The number of ether oxygens (including phenoxy) is 7. The fourth-order valence-electron chi connectivity index (χ4n) is 7.52. The third-order valence-corrected chi connectivity index (χ3v) is 11.0. The Hall–Kier alpha value is -7.45. The summed E-state index contributed by atoms with van der Waals surface area (Å²) in [5.74, 6) is -4.10. The van der Waals surface area contributed by atoms with Crippen LogP contribution in [0.2, 0.25) is 0 Å². The van der Waals surface area contributed by atoms with Crippen molar-refractivity contribution in [1.29, 1.82) is 0 Å². The molecule has 1 N–H and O–H groups in total. The SMILES string of the molecule is CCCCCCCCCCOc1c(O)c2ccc(O[C@@H]3O[C@H](COC(=O)c4ccccc4)[C@H](OC(=O)c4ccccc4)[C@H](OC(=O)c4ccccc4)[C@H]3OC(=O)c3ccccc3)cc2oc1=O. The van der Waals surface area contributed by atoms with Gasteiger partial charge in [-0.25, -0.2) is 24.0 Å². The molecule has 0 amide bonds. The predicted octanol–water partition coefficient (Wildman–Crippen LogP) is 9.66. The first-order valence-corrected chi connectivity index (χ1v) is 22.4. The van der Waals surface area contributed by atoms with Crippen LogP contribution in [-0.4, -0.2) is 72.9 Å². The minimum absolute atomic E-state index is 0.0127. The molecule has 5 atom stereocenters. The summed E-state index contributed by atoms with van der Waals surface area (Å²) in [6.45, 7) is 1.82. The Morgan fingerprint density at radius 3 is 1.58 bits per heavy atom. The van der Waals surface area contributed by atoms with Crippen molar-refractivity contribution in [3.63, 3.8) is 0 Å². The molecule has 0 spiro atoms. The predicted molar refractivity (Wildman–Crippen MR) is 245 cm³/mol. The van der Waals surface area contributed by atoms with Gasteiger partial charge in [0.25, 0.3) is 0 Å². The lowest BCUT2D eigenvalue weighted by molar-refractivity contribution is -0.275. The van der Waals surface area contributed by atoms with Crippen LogP contribution in [0, 0.1) is 0 Å². The number of hydrogen-bond donors (Lipinski definition) is 1. The Kier molecular flexibility index (Phi) is 16.8. The van der Waals surface area contributed by atoms with Crippen molar-refractivity contribution in [2.24, 2.45) is 0 Å². The molecular formula is C53H52O14. The smallest absolute Gasteiger partial charge is 0.383 e. The van der Waals surface area contributed by atoms with Gasteiger partial charge in [0.15, 0.2) is 18.0 Å². The van der Waals surface area contributed by atoms with E-state index in [0.29, 0.717) is 6.42 Å². The second-order valence-corrected chi connectivity index (χ2v) is 15.9. The number of hydrogen-bond acceptors (Lipinski definition) is 14. The second-order valence-electron chi connectivity index (χ2n) is 15.9. The van der Waals surface area contributed by atoms with Crippen LogP contribution in [-0.2, 0) is 23.7 Å². The summed E-state index contributed by atoms with van der Waals surface area (Å²) in [4.78, 5) is 68.3. The normalized spacial score (nSPS) is 17.8. The summed E-state index contributed by atoms with van der Waals surface area (Å²) < 4.78 is 48.2. The summed E-state index contributed by atoms with van der Waals surface area (Å²) in [6, 6.07) is 36.3. The highest BCUT2D eigenvalue weighted by Gasteiger charge is 2.54. The van der Waals surface area contributed by atoms with Crippen LogP contribution in [0.25, 0.3) is 11.0 Å². The molecule has 0 bridgehead atoms. The standard InChI is InChI=1S/C53H52O14/c1-2-3-4-5-6-7-8-21-32-60-45-43(54)40-31-30-39(33-41(40)63-52(45)59)62-53-47(67-51(58)38-28-19-12-20-29-38)46(66-50(57)37-26-17-11-18-27-37)44(65-49(56)36-24-15-10-16-25-36)42(64-53)34-61-48(55)35-22-13-9-14-23-35/h9-20,22-31,33,42,44,46-47,53-54H,2-8,21,32,34H2,1H3/t42-,44+,46+,47-,53-/m1/s1. The molecule has 6 aromatic rings. The number of carbonyl (C=O) groups is 4. The number of fused-ring (bicyclic) bond motifs is 1. The maximum absolute atomic E-state index is 14.0. The zero-order valence-electron chi connectivity index (χ0n) is 37.0. The van der Waals surface area contributed by atoms with E-state index >= 15 is 0 Å². The molecule has 1 aliphatic heterocycles. The molecular weight excluding hydrogens is 861 g/mol. The first-order chi connectivity index (χ1) is 32.7. The molecule has 348 valence electrons. The Balaban J connectivity index is 1.22. The van der Waals surface area contributed by atoms with Crippen molar-refractivity contribution in [3.05, 3.63) is 172 Å². The average molecular weight is 913 g/mol. The summed E-state index contributed by atoms with van der Waals surface area (Å²) >= 11 is 0. The average Bonchev–Trinajstić information content (AvgIpc) is 3.36. The van der Waals surface area contributed by atoms with Crippen LogP contribution < -0.4 is 15.1 Å². The van der Waals surface area contributed by atoms with Gasteiger partial charge in [0.05, 0.1) is 34.2 Å². The molecule has 0 radical (unpaired) electrons. The quantitative estimate of drug-likeness (QED) is 0.0312. The van der Waals surface area contributed by atoms with E-state index in [-0.39, 0.29) is 51.3 Å². The summed E-state index contributed by atoms with van der Waals surface area (Å²) in [6.07, 6.45) is 0.527. The molecule has 0 saturated carbocycles. The van der Waals surface area contributed by atoms with Gasteiger partial charge in [-0.3, -0.25) is 0 Å². The Morgan fingerprint density at radius 2 is 1.04 bits per heavy atom. The highest BCUT2D eigenvalue weighted by atomic mass is 16.7. The van der Waals surface area contributed by atoms with Crippen LogP contribution in [0.5, 0.6) is 17.2 Å². The van der Waals surface area contributed by atoms with Gasteiger partial charge in [-0.2, -0.15) is 0 Å². The maximum atomic E-state index is 14.0. The third-order valence-electron chi connectivity index (χ3n) is 11.0. The second kappa shape index (κ2) is 23.7. The number of esters is 4. The van der Waals surface area contributed by atoms with E-state index in [2.05, 4.69) is 6.92 Å². The monoisotopic (exact) mass is 912 g/mol. The topological polar surface area (TPSA) is 183 Å². The van der Waals surface area contributed by atoms with Crippen molar-refractivity contribution in [3.8, 4) is 17.2 Å². The molecule has 1 saturated heterocycles. The van der Waals surface area contributed by atoms with Gasteiger partial charge in [0.1, 0.15) is 24.0 Å². The van der Waals surface area contributed by atoms with E-state index in [9.17, 15) is 29.1 Å². The molecule has 1 fully saturated rings. The van der Waals surface area contributed by atoms with Crippen molar-refractivity contribution < 1.29 is 61.9 Å². The lowest BCUT2D eigenvalue weighted by Gasteiger charge is -2.44. The van der Waals surface area contributed by atoms with Gasteiger partial charge in [-0.1, -0.05) is 125 Å². The first-order valence-electron chi connectivity index (χ1n) is 22.4. The van der Waals surface area contributed by atoms with Crippen molar-refractivity contribution in [1.82, 2.24) is 0 Å². The lowest BCUT2D eigenvalue weighted by Crippen LogP contribution is -2.63. The zero-order chi connectivity index (χ0) is 47.0. The largest absolute Gasteiger partial charge is 0.504 e.